The SMILES string of the molecule is COCCCN(CCOC)C(=O)/C=C/c1ccc(Cl)c(Cl)c1. The minimum atomic E-state index is -0.0702. The fraction of sp³-hybridized carbons (Fsp3) is 0.438. The van der Waals surface area contributed by atoms with Gasteiger partial charge >= 0.3 is 0 Å². The van der Waals surface area contributed by atoms with Gasteiger partial charge in [0, 0.05) is 40.0 Å². The zero-order valence-electron chi connectivity index (χ0n) is 12.9. The molecule has 122 valence electrons. The van der Waals surface area contributed by atoms with Gasteiger partial charge in [0.15, 0.2) is 0 Å². The summed E-state index contributed by atoms with van der Waals surface area (Å²) in [5, 5.41) is 0.957. The minimum Gasteiger partial charge on any atom is -0.385 e. The van der Waals surface area contributed by atoms with Gasteiger partial charge < -0.3 is 14.4 Å². The summed E-state index contributed by atoms with van der Waals surface area (Å²) >= 11 is 11.8. The first-order chi connectivity index (χ1) is 10.6. The number of amides is 1. The van der Waals surface area contributed by atoms with Gasteiger partial charge in [0.05, 0.1) is 16.7 Å². The van der Waals surface area contributed by atoms with Crippen molar-refractivity contribution >= 4 is 35.2 Å². The molecule has 0 radical (unpaired) electrons. The minimum absolute atomic E-state index is 0.0702. The van der Waals surface area contributed by atoms with Crippen molar-refractivity contribution in [1.29, 1.82) is 0 Å². The van der Waals surface area contributed by atoms with E-state index in [1.165, 1.54) is 6.08 Å². The molecular formula is C16H21Cl2NO3. The molecule has 1 aromatic carbocycles. The zero-order valence-corrected chi connectivity index (χ0v) is 14.4. The Morgan fingerprint density at radius 2 is 1.86 bits per heavy atom. The van der Waals surface area contributed by atoms with Gasteiger partial charge in [-0.05, 0) is 30.2 Å². The van der Waals surface area contributed by atoms with Crippen LogP contribution in [-0.4, -0.2) is 51.3 Å². The molecule has 0 atom stereocenters. The first kappa shape index (κ1) is 19.0. The summed E-state index contributed by atoms with van der Waals surface area (Å²) in [6.45, 7) is 2.29. The fourth-order valence-corrected chi connectivity index (χ4v) is 2.13. The molecule has 0 fully saturated rings. The molecule has 0 aromatic heterocycles. The summed E-state index contributed by atoms with van der Waals surface area (Å²) in [5.74, 6) is -0.0702. The predicted molar refractivity (Wildman–Crippen MR) is 90.4 cm³/mol. The number of carbonyl (C=O) groups excluding carboxylic acids is 1. The maximum atomic E-state index is 12.3. The van der Waals surface area contributed by atoms with Crippen molar-refractivity contribution in [2.75, 3.05) is 40.5 Å². The maximum absolute atomic E-state index is 12.3. The Morgan fingerprint density at radius 1 is 1.14 bits per heavy atom. The van der Waals surface area contributed by atoms with Crippen LogP contribution in [0.2, 0.25) is 10.0 Å². The smallest absolute Gasteiger partial charge is 0.246 e. The number of ether oxygens (including phenoxy) is 2. The highest BCUT2D eigenvalue weighted by Crippen LogP contribution is 2.23. The van der Waals surface area contributed by atoms with E-state index in [1.54, 1.807) is 37.3 Å². The standard InChI is InChI=1S/C16H21Cl2NO3/c1-21-10-3-8-19(9-11-22-2)16(20)7-5-13-4-6-14(17)15(18)12-13/h4-7,12H,3,8-11H2,1-2H3/b7-5+. The first-order valence-electron chi connectivity index (χ1n) is 6.98. The number of methoxy groups -OCH3 is 2. The monoisotopic (exact) mass is 345 g/mol. The van der Waals surface area contributed by atoms with Crippen molar-refractivity contribution in [2.24, 2.45) is 0 Å². The molecule has 0 aliphatic rings. The van der Waals surface area contributed by atoms with Crippen molar-refractivity contribution in [2.45, 2.75) is 6.42 Å². The lowest BCUT2D eigenvalue weighted by atomic mass is 10.2. The molecule has 0 heterocycles. The third-order valence-electron chi connectivity index (χ3n) is 3.02. The highest BCUT2D eigenvalue weighted by molar-refractivity contribution is 6.42. The number of rotatable bonds is 9. The van der Waals surface area contributed by atoms with Crippen LogP contribution in [0.5, 0.6) is 0 Å². The summed E-state index contributed by atoms with van der Waals surface area (Å²) in [7, 11) is 3.26. The normalized spacial score (nSPS) is 11.1. The topological polar surface area (TPSA) is 38.8 Å². The lowest BCUT2D eigenvalue weighted by Crippen LogP contribution is -2.34. The average molecular weight is 346 g/mol. The van der Waals surface area contributed by atoms with Gasteiger partial charge in [-0.2, -0.15) is 0 Å². The van der Waals surface area contributed by atoms with Crippen LogP contribution in [0.3, 0.4) is 0 Å². The average Bonchev–Trinajstić information content (AvgIpc) is 2.51. The quantitative estimate of drug-likeness (QED) is 0.507. The number of benzene rings is 1. The lowest BCUT2D eigenvalue weighted by Gasteiger charge is -2.20. The lowest BCUT2D eigenvalue weighted by molar-refractivity contribution is -0.126. The Labute approximate surface area is 141 Å². The van der Waals surface area contributed by atoms with Gasteiger partial charge in [0.2, 0.25) is 5.91 Å². The molecule has 0 saturated heterocycles. The predicted octanol–water partition coefficient (Wildman–Crippen LogP) is 3.52. The highest BCUT2D eigenvalue weighted by atomic mass is 35.5. The Balaban J connectivity index is 2.66. The summed E-state index contributed by atoms with van der Waals surface area (Å²) in [4.78, 5) is 14.0. The molecule has 0 saturated carbocycles. The van der Waals surface area contributed by atoms with Crippen LogP contribution < -0.4 is 0 Å². The number of halogens is 2. The van der Waals surface area contributed by atoms with Crippen LogP contribution in [0.25, 0.3) is 6.08 Å². The van der Waals surface area contributed by atoms with Crippen LogP contribution in [0.15, 0.2) is 24.3 Å². The third kappa shape index (κ3) is 6.79. The first-order valence-corrected chi connectivity index (χ1v) is 7.74. The summed E-state index contributed by atoms with van der Waals surface area (Å²) in [6, 6.07) is 5.23. The molecule has 1 rings (SSSR count). The van der Waals surface area contributed by atoms with Crippen molar-refractivity contribution < 1.29 is 14.3 Å². The van der Waals surface area contributed by atoms with E-state index in [0.29, 0.717) is 36.3 Å². The van der Waals surface area contributed by atoms with Gasteiger partial charge in [-0.15, -0.1) is 0 Å². The molecule has 22 heavy (non-hydrogen) atoms. The molecule has 0 spiro atoms. The second-order valence-corrected chi connectivity index (χ2v) is 5.49. The molecule has 6 heteroatoms. The van der Waals surface area contributed by atoms with Crippen molar-refractivity contribution in [3.8, 4) is 0 Å². The fourth-order valence-electron chi connectivity index (χ4n) is 1.82. The third-order valence-corrected chi connectivity index (χ3v) is 3.75. The van der Waals surface area contributed by atoms with E-state index >= 15 is 0 Å². The van der Waals surface area contributed by atoms with Crippen LogP contribution >= 0.6 is 23.2 Å². The Kier molecular flexibility index (Phi) is 9.16. The molecule has 0 bridgehead atoms. The Morgan fingerprint density at radius 3 is 2.50 bits per heavy atom. The van der Waals surface area contributed by atoms with E-state index in [4.69, 9.17) is 32.7 Å². The highest BCUT2D eigenvalue weighted by Gasteiger charge is 2.10. The maximum Gasteiger partial charge on any atom is 0.246 e. The van der Waals surface area contributed by atoms with E-state index in [9.17, 15) is 4.79 Å². The van der Waals surface area contributed by atoms with Crippen molar-refractivity contribution in [3.63, 3.8) is 0 Å². The van der Waals surface area contributed by atoms with Crippen molar-refractivity contribution in [1.82, 2.24) is 4.90 Å². The van der Waals surface area contributed by atoms with Gasteiger partial charge in [-0.1, -0.05) is 29.3 Å². The zero-order chi connectivity index (χ0) is 16.4. The molecule has 4 nitrogen and oxygen atoms in total. The van der Waals surface area contributed by atoms with Gasteiger partial charge in [-0.3, -0.25) is 4.79 Å². The number of hydrogen-bond donors (Lipinski definition) is 0. The van der Waals surface area contributed by atoms with E-state index in [1.807, 2.05) is 6.07 Å². The summed E-state index contributed by atoms with van der Waals surface area (Å²) in [6.07, 6.45) is 4.04. The molecule has 0 aliphatic carbocycles. The Hall–Kier alpha value is -1.07. The van der Waals surface area contributed by atoms with Crippen LogP contribution in [0.4, 0.5) is 0 Å². The second-order valence-electron chi connectivity index (χ2n) is 4.67. The number of carbonyl (C=O) groups is 1. The van der Waals surface area contributed by atoms with Gasteiger partial charge in [0.1, 0.15) is 0 Å². The largest absolute Gasteiger partial charge is 0.385 e. The number of nitrogens with zero attached hydrogens (tertiary/aromatic N) is 1. The Bertz CT molecular complexity index is 506. The summed E-state index contributed by atoms with van der Waals surface area (Å²) < 4.78 is 10.1. The van der Waals surface area contributed by atoms with E-state index in [2.05, 4.69) is 0 Å². The molecule has 0 aliphatic heterocycles. The van der Waals surface area contributed by atoms with E-state index < -0.39 is 0 Å². The van der Waals surface area contributed by atoms with Crippen molar-refractivity contribution in [3.05, 3.63) is 39.9 Å². The summed E-state index contributed by atoms with van der Waals surface area (Å²) in [5.41, 5.74) is 0.825. The van der Waals surface area contributed by atoms with Crippen LogP contribution in [0, 0.1) is 0 Å². The molecule has 0 unspecified atom stereocenters. The molecular weight excluding hydrogens is 325 g/mol. The van der Waals surface area contributed by atoms with Gasteiger partial charge in [-0.25, -0.2) is 0 Å². The van der Waals surface area contributed by atoms with Gasteiger partial charge in [0.25, 0.3) is 0 Å². The number of hydrogen-bond acceptors (Lipinski definition) is 3. The molecule has 1 amide bonds. The van der Waals surface area contributed by atoms with E-state index in [-0.39, 0.29) is 5.91 Å². The van der Waals surface area contributed by atoms with E-state index in [0.717, 1.165) is 12.0 Å². The molecule has 0 N–H and O–H groups in total. The molecule has 1 aromatic rings. The van der Waals surface area contributed by atoms with Crippen LogP contribution in [-0.2, 0) is 14.3 Å². The van der Waals surface area contributed by atoms with Crippen LogP contribution in [0.1, 0.15) is 12.0 Å². The second kappa shape index (κ2) is 10.6.